The van der Waals surface area contributed by atoms with Gasteiger partial charge in [-0.05, 0) is 0 Å². The minimum absolute atomic E-state index is 0. The minimum atomic E-state index is -4.64. The zero-order valence-corrected chi connectivity index (χ0v) is 7.51. The molecule has 0 heterocycles. The van der Waals surface area contributed by atoms with E-state index in [1.807, 2.05) is 0 Å². The summed E-state index contributed by atoms with van der Waals surface area (Å²) in [7, 11) is -4.64. The molecule has 0 atom stereocenters. The van der Waals surface area contributed by atoms with Crippen molar-refractivity contribution >= 4 is 21.3 Å². The van der Waals surface area contributed by atoms with Crippen LogP contribution >= 0.6 is 21.3 Å². The molecule has 0 aliphatic carbocycles. The Morgan fingerprint density at radius 2 is 1.12 bits per heavy atom. The van der Waals surface area contributed by atoms with Gasteiger partial charge in [-0.2, -0.15) is 13.5 Å². The molecule has 0 amide bonds. The Kier molecular flexibility index (Phi) is 23.3. The average Bonchev–Trinajstić information content (AvgIpc) is 0.722. The quantitative estimate of drug-likeness (QED) is 0.351. The van der Waals surface area contributed by atoms with Gasteiger partial charge in [-0.15, -0.1) is 0 Å². The molecule has 0 aromatic rings. The Bertz CT molecular complexity index is 58.6. The maximum atomic E-state index is 8.88. The molecular weight excluding hydrogens is 239 g/mol. The van der Waals surface area contributed by atoms with Gasteiger partial charge in [0.25, 0.3) is 0 Å². The number of hydrogen-bond donors (Lipinski definition) is 3. The monoisotopic (exact) mass is 248 g/mol. The second-order valence-corrected chi connectivity index (χ2v) is 1.54. The van der Waals surface area contributed by atoms with E-state index in [0.29, 0.717) is 0 Å². The molecule has 0 aromatic carbocycles. The maximum Gasteiger partial charge on any atom is 0.466 e. The van der Waals surface area contributed by atoms with E-state index < -0.39 is 7.82 Å². The van der Waals surface area contributed by atoms with Crippen molar-refractivity contribution in [1.82, 2.24) is 0 Å². The van der Waals surface area contributed by atoms with Crippen molar-refractivity contribution in [2.45, 2.75) is 0 Å². The number of rotatable bonds is 0. The molecule has 8 heteroatoms. The topological polar surface area (TPSA) is 109 Å². The third-order valence-corrected chi connectivity index (χ3v) is 0. The van der Waals surface area contributed by atoms with Gasteiger partial charge in [0.15, 0.2) is 0 Å². The molecule has 0 aliphatic heterocycles. The zero-order valence-electron chi connectivity index (χ0n) is 3.61. The van der Waals surface area contributed by atoms with Crippen molar-refractivity contribution in [3.8, 4) is 0 Å². The molecule has 54 valence electrons. The summed E-state index contributed by atoms with van der Waals surface area (Å²) in [6.07, 6.45) is 0. The van der Waals surface area contributed by atoms with E-state index in [4.69, 9.17) is 19.2 Å². The van der Waals surface area contributed by atoms with E-state index in [1.54, 1.807) is 0 Å². The molecule has 0 radical (unpaired) electrons. The van der Waals surface area contributed by atoms with Gasteiger partial charge in [0.1, 0.15) is 0 Å². The van der Waals surface area contributed by atoms with Crippen LogP contribution in [0.1, 0.15) is 0 Å². The van der Waals surface area contributed by atoms with E-state index in [0.717, 1.165) is 0 Å². The fraction of sp³-hybridized carbons (Fsp3) is 0. The van der Waals surface area contributed by atoms with Gasteiger partial charge >= 0.3 is 7.82 Å². The Morgan fingerprint density at radius 1 is 1.12 bits per heavy atom. The summed E-state index contributed by atoms with van der Waals surface area (Å²) >= 11 is 0. The maximum absolute atomic E-state index is 8.88. The van der Waals surface area contributed by atoms with Gasteiger partial charge in [0, 0.05) is 21.1 Å². The molecule has 0 unspecified atom stereocenters. The summed E-state index contributed by atoms with van der Waals surface area (Å²) in [5.41, 5.74) is 0. The summed E-state index contributed by atoms with van der Waals surface area (Å²) in [4.78, 5) is 21.6. The third kappa shape index (κ3) is 216. The van der Waals surface area contributed by atoms with Crippen molar-refractivity contribution in [2.24, 2.45) is 0 Å². The van der Waals surface area contributed by atoms with Crippen molar-refractivity contribution in [2.75, 3.05) is 0 Å². The Balaban J connectivity index is -0.0000000267. The van der Waals surface area contributed by atoms with E-state index >= 15 is 0 Å². The largest absolute Gasteiger partial charge is 0.466 e. The molecule has 0 aromatic heterocycles. The Labute approximate surface area is 67.4 Å². The van der Waals surface area contributed by atoms with Gasteiger partial charge in [0.05, 0.1) is 0 Å². The molecule has 0 saturated heterocycles. The van der Waals surface area contributed by atoms with Crippen LogP contribution in [-0.2, 0) is 25.6 Å². The molecule has 0 fully saturated rings. The van der Waals surface area contributed by atoms with Crippen LogP contribution in [0.5, 0.6) is 0 Å². The summed E-state index contributed by atoms with van der Waals surface area (Å²) in [5, 5.41) is 0. The molecule has 5 nitrogen and oxygen atoms in total. The number of phosphoric acid groups is 1. The van der Waals surface area contributed by atoms with Gasteiger partial charge in [-0.3, -0.25) is 0 Å². The summed E-state index contributed by atoms with van der Waals surface area (Å²) in [6.45, 7) is 0. The molecule has 0 spiro atoms. The average molecular weight is 246 g/mol. The van der Waals surface area contributed by atoms with E-state index in [2.05, 4.69) is 0 Å². The zero-order chi connectivity index (χ0) is 4.50. The van der Waals surface area contributed by atoms with Crippen molar-refractivity contribution in [3.05, 3.63) is 0 Å². The van der Waals surface area contributed by atoms with Gasteiger partial charge in [-0.1, -0.05) is 0 Å². The summed E-state index contributed by atoms with van der Waals surface area (Å²) in [5.74, 6) is 0. The molecule has 5 N–H and O–H groups in total. The first-order valence-electron chi connectivity index (χ1n) is 0.783. The fourth-order valence-electron chi connectivity index (χ4n) is 0. The van der Waals surface area contributed by atoms with Crippen molar-refractivity contribution < 1.29 is 45.8 Å². The second-order valence-electron chi connectivity index (χ2n) is 0.513. The van der Waals surface area contributed by atoms with Crippen LogP contribution in [0.3, 0.4) is 0 Å². The Hall–Kier alpha value is 1.11. The molecule has 0 saturated carbocycles. The molecule has 0 bridgehead atoms. The predicted molar refractivity (Wildman–Crippen MR) is 28.3 cm³/mol. The van der Waals surface area contributed by atoms with E-state index in [-0.39, 0.29) is 40.0 Å². The molecule has 0 aliphatic rings. The van der Waals surface area contributed by atoms with Crippen LogP contribution < -0.4 is 0 Å². The van der Waals surface area contributed by atoms with Crippen LogP contribution in [0.15, 0.2) is 0 Å². The van der Waals surface area contributed by atoms with Crippen LogP contribution in [0.2, 0.25) is 0 Å². The van der Waals surface area contributed by atoms with Gasteiger partial charge in [0.2, 0.25) is 0 Å². The minimum Gasteiger partial charge on any atom is -0.412 e. The van der Waals surface area contributed by atoms with Crippen molar-refractivity contribution in [1.29, 1.82) is 0 Å². The Morgan fingerprint density at radius 3 is 1.12 bits per heavy atom. The standard InChI is InChI=1S/Mo.H3O4P.H2O.H2S/c;1-5(2,3)4;;/h;(H3,1,2,3,4);2*1H2. The van der Waals surface area contributed by atoms with E-state index in [9.17, 15) is 0 Å². The van der Waals surface area contributed by atoms with Crippen LogP contribution in [-0.4, -0.2) is 20.2 Å². The van der Waals surface area contributed by atoms with Crippen LogP contribution in [0.25, 0.3) is 0 Å². The van der Waals surface area contributed by atoms with Gasteiger partial charge in [-0.25, -0.2) is 4.57 Å². The van der Waals surface area contributed by atoms with Crippen molar-refractivity contribution in [3.63, 3.8) is 0 Å². The van der Waals surface area contributed by atoms with E-state index in [1.165, 1.54) is 0 Å². The van der Waals surface area contributed by atoms with Crippen LogP contribution in [0, 0.1) is 0 Å². The number of hydrogen-bond acceptors (Lipinski definition) is 1. The third-order valence-electron chi connectivity index (χ3n) is 0. The smallest absolute Gasteiger partial charge is 0.412 e. The predicted octanol–water partition coefficient (Wildman–Crippen LogP) is -1.64. The fourth-order valence-corrected chi connectivity index (χ4v) is 0. The molecule has 8 heavy (non-hydrogen) atoms. The first-order valence-corrected chi connectivity index (χ1v) is 2.35. The molecular formula is H7MoO5PS. The second kappa shape index (κ2) is 8.11. The summed E-state index contributed by atoms with van der Waals surface area (Å²) < 4.78 is 8.88. The first-order chi connectivity index (χ1) is 2.00. The van der Waals surface area contributed by atoms with Gasteiger partial charge < -0.3 is 20.2 Å². The summed E-state index contributed by atoms with van der Waals surface area (Å²) in [6, 6.07) is 0. The van der Waals surface area contributed by atoms with Crippen LogP contribution in [0.4, 0.5) is 0 Å². The first kappa shape index (κ1) is 22.9. The SMILES string of the molecule is O.O=P(O)(O)O.S.[Mo]. The molecule has 0 rings (SSSR count). The normalized spacial score (nSPS) is 7.38.